The van der Waals surface area contributed by atoms with Crippen molar-refractivity contribution < 1.29 is 0 Å². The Hall–Kier alpha value is -1.57. The molecule has 0 aliphatic heterocycles. The van der Waals surface area contributed by atoms with E-state index < -0.39 is 0 Å². The second kappa shape index (κ2) is 9.79. The third kappa shape index (κ3) is 6.02. The summed E-state index contributed by atoms with van der Waals surface area (Å²) >= 11 is 0. The van der Waals surface area contributed by atoms with Crippen LogP contribution < -0.4 is 11.1 Å². The summed E-state index contributed by atoms with van der Waals surface area (Å²) < 4.78 is 1.81. The lowest BCUT2D eigenvalue weighted by molar-refractivity contribution is 0.530. The Morgan fingerprint density at radius 2 is 2.00 bits per heavy atom. The molecule has 0 bridgehead atoms. The Bertz CT molecular complexity index is 687. The Kier molecular flexibility index (Phi) is 7.74. The molecule has 0 radical (unpaired) electrons. The predicted molar refractivity (Wildman–Crippen MR) is 114 cm³/mol. The molecule has 1 aromatic carbocycles. The maximum atomic E-state index is 6.08. The van der Waals surface area contributed by atoms with Crippen LogP contribution in [0.2, 0.25) is 0 Å². The highest BCUT2D eigenvalue weighted by Crippen LogP contribution is 2.20. The van der Waals surface area contributed by atoms with Gasteiger partial charge in [-0.05, 0) is 30.0 Å². The normalized spacial score (nSPS) is 16.1. The highest BCUT2D eigenvalue weighted by Gasteiger charge is 2.12. The minimum absolute atomic E-state index is 0. The molecular weight excluding hydrogens is 425 g/mol. The first kappa shape index (κ1) is 19.8. The summed E-state index contributed by atoms with van der Waals surface area (Å²) in [5.74, 6) is 0.564. The van der Waals surface area contributed by atoms with E-state index in [9.17, 15) is 0 Å². The number of rotatable bonds is 4. The van der Waals surface area contributed by atoms with Crippen LogP contribution >= 0.6 is 24.0 Å². The molecular formula is C19H28IN5. The van der Waals surface area contributed by atoms with E-state index in [1.54, 1.807) is 0 Å². The van der Waals surface area contributed by atoms with Gasteiger partial charge >= 0.3 is 0 Å². The quantitative estimate of drug-likeness (QED) is 0.320. The molecule has 0 spiro atoms. The van der Waals surface area contributed by atoms with Gasteiger partial charge in [-0.15, -0.1) is 24.0 Å². The van der Waals surface area contributed by atoms with Gasteiger partial charge in [0.05, 0.1) is 12.7 Å². The number of nitrogens with zero attached hydrogens (tertiary/aromatic N) is 3. The number of aliphatic imine (C=N–C) groups is 1. The van der Waals surface area contributed by atoms with E-state index >= 15 is 0 Å². The Morgan fingerprint density at radius 1 is 1.24 bits per heavy atom. The Morgan fingerprint density at radius 3 is 2.68 bits per heavy atom. The highest BCUT2D eigenvalue weighted by atomic mass is 127. The summed E-state index contributed by atoms with van der Waals surface area (Å²) in [7, 11) is 1.93. The number of guanidine groups is 1. The number of hydrogen-bond acceptors (Lipinski definition) is 2. The molecule has 0 saturated heterocycles. The van der Waals surface area contributed by atoms with Crippen LogP contribution in [0.1, 0.15) is 44.1 Å². The van der Waals surface area contributed by atoms with Crippen LogP contribution in [0.25, 0.3) is 11.1 Å². The van der Waals surface area contributed by atoms with Gasteiger partial charge in [-0.25, -0.2) is 4.99 Å². The van der Waals surface area contributed by atoms with E-state index in [-0.39, 0.29) is 24.0 Å². The smallest absolute Gasteiger partial charge is 0.189 e. The predicted octanol–water partition coefficient (Wildman–Crippen LogP) is 3.83. The van der Waals surface area contributed by atoms with Crippen molar-refractivity contribution in [2.24, 2.45) is 17.8 Å². The van der Waals surface area contributed by atoms with E-state index in [1.165, 1.54) is 38.5 Å². The second-order valence-electron chi connectivity index (χ2n) is 6.64. The van der Waals surface area contributed by atoms with Crippen molar-refractivity contribution in [2.75, 3.05) is 0 Å². The molecule has 3 N–H and O–H groups in total. The molecule has 1 aliphatic carbocycles. The molecule has 25 heavy (non-hydrogen) atoms. The van der Waals surface area contributed by atoms with E-state index in [4.69, 9.17) is 5.73 Å². The van der Waals surface area contributed by atoms with Gasteiger partial charge in [-0.3, -0.25) is 4.68 Å². The summed E-state index contributed by atoms with van der Waals surface area (Å²) in [6.45, 7) is 0.597. The summed E-state index contributed by atoms with van der Waals surface area (Å²) in [6.07, 6.45) is 11.6. The van der Waals surface area contributed by atoms with Crippen LogP contribution in [-0.2, 0) is 13.6 Å². The van der Waals surface area contributed by atoms with Crippen LogP contribution in [0, 0.1) is 0 Å². The maximum Gasteiger partial charge on any atom is 0.189 e. The number of aromatic nitrogens is 2. The molecule has 6 heteroatoms. The minimum atomic E-state index is 0. The average Bonchev–Trinajstić information content (AvgIpc) is 2.86. The first-order valence-corrected chi connectivity index (χ1v) is 8.85. The molecule has 2 aromatic rings. The fraction of sp³-hybridized carbons (Fsp3) is 0.474. The number of halogens is 1. The molecule has 3 rings (SSSR count). The molecule has 1 fully saturated rings. The fourth-order valence-electron chi connectivity index (χ4n) is 3.27. The van der Waals surface area contributed by atoms with E-state index in [0.717, 1.165) is 16.7 Å². The van der Waals surface area contributed by atoms with Crippen molar-refractivity contribution >= 4 is 29.9 Å². The average molecular weight is 453 g/mol. The van der Waals surface area contributed by atoms with Crippen molar-refractivity contribution in [3.8, 4) is 11.1 Å². The van der Waals surface area contributed by atoms with Gasteiger partial charge < -0.3 is 11.1 Å². The van der Waals surface area contributed by atoms with E-state index in [2.05, 4.69) is 39.7 Å². The van der Waals surface area contributed by atoms with Gasteiger partial charge in [-0.1, -0.05) is 43.9 Å². The number of nitrogens with one attached hydrogen (secondary N) is 1. The molecule has 0 atom stereocenters. The van der Waals surface area contributed by atoms with Crippen LogP contribution in [-0.4, -0.2) is 21.8 Å². The first-order valence-electron chi connectivity index (χ1n) is 8.85. The molecule has 0 unspecified atom stereocenters. The molecule has 1 saturated carbocycles. The monoisotopic (exact) mass is 453 g/mol. The fourth-order valence-corrected chi connectivity index (χ4v) is 3.27. The van der Waals surface area contributed by atoms with Crippen LogP contribution in [0.4, 0.5) is 0 Å². The standard InChI is InChI=1S/C19H27N5.HI/c1-24-14-17(13-22-24)16-8-6-7-15(11-16)12-21-19(20)23-18-9-4-2-3-5-10-18;/h6-8,11,13-14,18H,2-5,9-10,12H2,1H3,(H3,20,21,23);1H. The van der Waals surface area contributed by atoms with Crippen LogP contribution in [0.15, 0.2) is 41.7 Å². The topological polar surface area (TPSA) is 68.2 Å². The first-order chi connectivity index (χ1) is 11.7. The minimum Gasteiger partial charge on any atom is -0.370 e. The molecule has 1 aromatic heterocycles. The lowest BCUT2D eigenvalue weighted by Gasteiger charge is -2.16. The molecule has 136 valence electrons. The van der Waals surface area contributed by atoms with Crippen LogP contribution in [0.3, 0.4) is 0 Å². The second-order valence-corrected chi connectivity index (χ2v) is 6.64. The molecule has 5 nitrogen and oxygen atoms in total. The third-order valence-corrected chi connectivity index (χ3v) is 4.60. The highest BCUT2D eigenvalue weighted by molar-refractivity contribution is 14.0. The third-order valence-electron chi connectivity index (χ3n) is 4.60. The van der Waals surface area contributed by atoms with Crippen molar-refractivity contribution in [1.29, 1.82) is 0 Å². The van der Waals surface area contributed by atoms with E-state index in [0.29, 0.717) is 18.5 Å². The Labute approximate surface area is 167 Å². The van der Waals surface area contributed by atoms with Gasteiger partial charge in [0, 0.05) is 24.8 Å². The van der Waals surface area contributed by atoms with Gasteiger partial charge in [-0.2, -0.15) is 5.10 Å². The molecule has 1 heterocycles. The van der Waals surface area contributed by atoms with Crippen molar-refractivity contribution in [1.82, 2.24) is 15.1 Å². The number of hydrogen-bond donors (Lipinski definition) is 2. The summed E-state index contributed by atoms with van der Waals surface area (Å²) in [6, 6.07) is 8.87. The lowest BCUT2D eigenvalue weighted by Crippen LogP contribution is -2.39. The van der Waals surface area contributed by atoms with Crippen molar-refractivity contribution in [3.05, 3.63) is 42.2 Å². The molecule has 0 amide bonds. The largest absolute Gasteiger partial charge is 0.370 e. The Balaban J connectivity index is 0.00000225. The lowest BCUT2D eigenvalue weighted by atomic mass is 10.1. The maximum absolute atomic E-state index is 6.08. The van der Waals surface area contributed by atoms with Crippen LogP contribution in [0.5, 0.6) is 0 Å². The van der Waals surface area contributed by atoms with E-state index in [1.807, 2.05) is 24.1 Å². The van der Waals surface area contributed by atoms with Gasteiger partial charge in [0.25, 0.3) is 0 Å². The van der Waals surface area contributed by atoms with Gasteiger partial charge in [0.1, 0.15) is 0 Å². The number of aryl methyl sites for hydroxylation is 1. The zero-order chi connectivity index (χ0) is 16.8. The van der Waals surface area contributed by atoms with Gasteiger partial charge in [0.15, 0.2) is 5.96 Å². The number of benzene rings is 1. The van der Waals surface area contributed by atoms with Crippen molar-refractivity contribution in [3.63, 3.8) is 0 Å². The molecule has 1 aliphatic rings. The zero-order valence-corrected chi connectivity index (χ0v) is 17.1. The number of nitrogens with two attached hydrogens (primary N) is 1. The SMILES string of the molecule is Cn1cc(-c2cccc(CN=C(N)NC3CCCCCC3)c2)cn1.I. The summed E-state index contributed by atoms with van der Waals surface area (Å²) in [5.41, 5.74) is 9.51. The summed E-state index contributed by atoms with van der Waals surface area (Å²) in [4.78, 5) is 4.52. The van der Waals surface area contributed by atoms with Gasteiger partial charge in [0.2, 0.25) is 0 Å². The van der Waals surface area contributed by atoms with Crippen molar-refractivity contribution in [2.45, 2.75) is 51.1 Å². The summed E-state index contributed by atoms with van der Waals surface area (Å²) in [5, 5.41) is 7.62. The zero-order valence-electron chi connectivity index (χ0n) is 14.8.